The molecule has 1 unspecified atom stereocenters. The van der Waals surface area contributed by atoms with Crippen LogP contribution in [-0.2, 0) is 6.42 Å². The second kappa shape index (κ2) is 7.93. The number of H-pyrrole nitrogens is 1. The fraction of sp³-hybridized carbons (Fsp3) is 0.278. The molecular formula is C18H21Cl2N5O. The number of carbonyl (C=O) groups is 1. The Morgan fingerprint density at radius 3 is 2.92 bits per heavy atom. The van der Waals surface area contributed by atoms with E-state index in [2.05, 4.69) is 20.5 Å². The molecule has 0 aliphatic heterocycles. The fourth-order valence-electron chi connectivity index (χ4n) is 3.37. The summed E-state index contributed by atoms with van der Waals surface area (Å²) in [4.78, 5) is 16.9. The van der Waals surface area contributed by atoms with Crippen molar-refractivity contribution in [2.24, 2.45) is 0 Å². The van der Waals surface area contributed by atoms with Crippen molar-refractivity contribution in [1.82, 2.24) is 20.5 Å². The van der Waals surface area contributed by atoms with Crippen molar-refractivity contribution in [3.8, 4) is 0 Å². The Labute approximate surface area is 163 Å². The third kappa shape index (κ3) is 3.61. The Kier molecular flexibility index (Phi) is 6.10. The van der Waals surface area contributed by atoms with E-state index < -0.39 is 0 Å². The Morgan fingerprint density at radius 1 is 1.31 bits per heavy atom. The number of nitrogens with two attached hydrogens (primary N) is 1. The van der Waals surface area contributed by atoms with Gasteiger partial charge >= 0.3 is 0 Å². The van der Waals surface area contributed by atoms with Gasteiger partial charge in [0.25, 0.3) is 5.91 Å². The molecule has 0 bridgehead atoms. The van der Waals surface area contributed by atoms with E-state index in [0.717, 1.165) is 41.6 Å². The number of nitrogens with zero attached hydrogens (tertiary/aromatic N) is 2. The molecule has 6 nitrogen and oxygen atoms in total. The van der Waals surface area contributed by atoms with Gasteiger partial charge in [0.2, 0.25) is 0 Å². The number of nitrogens with one attached hydrogen (secondary N) is 2. The minimum Gasteiger partial charge on any atom is -0.399 e. The number of aryl methyl sites for hydroxylation is 2. The summed E-state index contributed by atoms with van der Waals surface area (Å²) in [6.07, 6.45) is 4.56. The monoisotopic (exact) mass is 393 g/mol. The fourth-order valence-corrected chi connectivity index (χ4v) is 3.37. The molecule has 26 heavy (non-hydrogen) atoms. The van der Waals surface area contributed by atoms with Crippen molar-refractivity contribution in [3.05, 3.63) is 52.8 Å². The van der Waals surface area contributed by atoms with E-state index in [9.17, 15) is 4.79 Å². The van der Waals surface area contributed by atoms with Crippen LogP contribution in [0.3, 0.4) is 0 Å². The number of amides is 1. The molecule has 4 rings (SSSR count). The van der Waals surface area contributed by atoms with E-state index in [1.54, 1.807) is 6.20 Å². The Bertz CT molecular complexity index is 940. The van der Waals surface area contributed by atoms with Crippen LogP contribution in [0.1, 0.15) is 46.1 Å². The summed E-state index contributed by atoms with van der Waals surface area (Å²) in [6.45, 7) is 1.92. The van der Waals surface area contributed by atoms with E-state index in [1.807, 2.05) is 31.2 Å². The van der Waals surface area contributed by atoms with Gasteiger partial charge in [-0.25, -0.2) is 4.98 Å². The SMILES string of the molecule is Cc1[nH]nc2ncc(C(=O)NC3CCCc4cc(N)ccc43)cc12.Cl.Cl. The highest BCUT2D eigenvalue weighted by atomic mass is 35.5. The number of fused-ring (bicyclic) bond motifs is 2. The zero-order valence-electron chi connectivity index (χ0n) is 14.3. The van der Waals surface area contributed by atoms with Gasteiger partial charge in [0.05, 0.1) is 11.6 Å². The summed E-state index contributed by atoms with van der Waals surface area (Å²) in [6, 6.07) is 7.78. The first-order valence-electron chi connectivity index (χ1n) is 8.12. The molecule has 1 aliphatic carbocycles. The number of hydrogen-bond acceptors (Lipinski definition) is 4. The highest BCUT2D eigenvalue weighted by Crippen LogP contribution is 2.31. The van der Waals surface area contributed by atoms with Gasteiger partial charge in [0.1, 0.15) is 0 Å². The van der Waals surface area contributed by atoms with Crippen LogP contribution >= 0.6 is 24.8 Å². The topological polar surface area (TPSA) is 96.7 Å². The van der Waals surface area contributed by atoms with Gasteiger partial charge in [-0.05, 0) is 55.5 Å². The number of hydrogen-bond donors (Lipinski definition) is 3. The minimum absolute atomic E-state index is 0. The average molecular weight is 394 g/mol. The van der Waals surface area contributed by atoms with E-state index in [0.29, 0.717) is 11.2 Å². The van der Waals surface area contributed by atoms with Gasteiger partial charge in [0.15, 0.2) is 5.65 Å². The summed E-state index contributed by atoms with van der Waals surface area (Å²) in [5, 5.41) is 11.0. The van der Waals surface area contributed by atoms with Gasteiger partial charge in [-0.2, -0.15) is 5.10 Å². The van der Waals surface area contributed by atoms with E-state index in [4.69, 9.17) is 5.73 Å². The lowest BCUT2D eigenvalue weighted by Crippen LogP contribution is -2.31. The molecule has 138 valence electrons. The van der Waals surface area contributed by atoms with E-state index in [-0.39, 0.29) is 36.8 Å². The van der Waals surface area contributed by atoms with Crippen LogP contribution in [0, 0.1) is 6.92 Å². The molecule has 1 aliphatic rings. The van der Waals surface area contributed by atoms with Crippen molar-refractivity contribution < 1.29 is 4.79 Å². The summed E-state index contributed by atoms with van der Waals surface area (Å²) in [5.41, 5.74) is 11.1. The number of nitrogen functional groups attached to an aromatic ring is 1. The molecule has 1 amide bonds. The predicted octanol–water partition coefficient (Wildman–Crippen LogP) is 3.50. The standard InChI is InChI=1S/C18H19N5O.2ClH/c1-10-15-8-12(9-20-17(15)23-22-10)18(24)21-16-4-2-3-11-7-13(19)5-6-14(11)16;;/h5-9,16H,2-4,19H2,1H3,(H,21,24)(H,20,22,23);2*1H. The van der Waals surface area contributed by atoms with Gasteiger partial charge < -0.3 is 11.1 Å². The molecule has 1 aromatic carbocycles. The van der Waals surface area contributed by atoms with Crippen LogP contribution in [0.2, 0.25) is 0 Å². The highest BCUT2D eigenvalue weighted by Gasteiger charge is 2.22. The van der Waals surface area contributed by atoms with Crippen LogP contribution in [-0.4, -0.2) is 21.1 Å². The van der Waals surface area contributed by atoms with Crippen LogP contribution in [0.5, 0.6) is 0 Å². The first-order chi connectivity index (χ1) is 11.6. The second-order valence-corrected chi connectivity index (χ2v) is 6.32. The highest BCUT2D eigenvalue weighted by molar-refractivity contribution is 5.97. The molecule has 0 fully saturated rings. The molecule has 0 radical (unpaired) electrons. The smallest absolute Gasteiger partial charge is 0.253 e. The lowest BCUT2D eigenvalue weighted by Gasteiger charge is -2.26. The summed E-state index contributed by atoms with van der Waals surface area (Å²) in [7, 11) is 0. The summed E-state index contributed by atoms with van der Waals surface area (Å²) < 4.78 is 0. The summed E-state index contributed by atoms with van der Waals surface area (Å²) >= 11 is 0. The largest absolute Gasteiger partial charge is 0.399 e. The molecule has 4 N–H and O–H groups in total. The number of pyridine rings is 1. The maximum absolute atomic E-state index is 12.7. The number of carbonyl (C=O) groups excluding carboxylic acids is 1. The van der Waals surface area contributed by atoms with E-state index in [1.165, 1.54) is 5.56 Å². The van der Waals surface area contributed by atoms with Gasteiger partial charge in [-0.1, -0.05) is 6.07 Å². The van der Waals surface area contributed by atoms with Crippen LogP contribution < -0.4 is 11.1 Å². The average Bonchev–Trinajstić information content (AvgIpc) is 2.95. The normalized spacial score (nSPS) is 15.5. The first-order valence-corrected chi connectivity index (χ1v) is 8.12. The maximum atomic E-state index is 12.7. The van der Waals surface area contributed by atoms with E-state index >= 15 is 0 Å². The number of rotatable bonds is 2. The van der Waals surface area contributed by atoms with Crippen molar-refractivity contribution in [1.29, 1.82) is 0 Å². The molecule has 1 atom stereocenters. The lowest BCUT2D eigenvalue weighted by molar-refractivity contribution is 0.0932. The number of anilines is 1. The van der Waals surface area contributed by atoms with Crippen molar-refractivity contribution in [2.45, 2.75) is 32.2 Å². The summed E-state index contributed by atoms with van der Waals surface area (Å²) in [5.74, 6) is -0.111. The number of benzene rings is 1. The molecule has 8 heteroatoms. The molecule has 2 heterocycles. The van der Waals surface area contributed by atoms with Gasteiger partial charge in [-0.3, -0.25) is 9.89 Å². The molecule has 2 aromatic heterocycles. The molecule has 0 saturated carbocycles. The molecule has 3 aromatic rings. The second-order valence-electron chi connectivity index (χ2n) is 6.32. The predicted molar refractivity (Wildman–Crippen MR) is 107 cm³/mol. The van der Waals surface area contributed by atoms with Crippen LogP contribution in [0.4, 0.5) is 5.69 Å². The third-order valence-corrected chi connectivity index (χ3v) is 4.65. The Balaban J connectivity index is 0.00000121. The van der Waals surface area contributed by atoms with Gasteiger partial charge in [-0.15, -0.1) is 24.8 Å². The lowest BCUT2D eigenvalue weighted by atomic mass is 9.87. The van der Waals surface area contributed by atoms with Crippen molar-refractivity contribution >= 4 is 47.4 Å². The quantitative estimate of drug-likeness (QED) is 0.580. The molecule has 0 saturated heterocycles. The molecule has 0 spiro atoms. The number of aromatic nitrogens is 3. The zero-order valence-corrected chi connectivity index (χ0v) is 15.9. The molecular weight excluding hydrogens is 373 g/mol. The van der Waals surface area contributed by atoms with Crippen LogP contribution in [0.25, 0.3) is 11.0 Å². The minimum atomic E-state index is -0.111. The Morgan fingerprint density at radius 2 is 2.12 bits per heavy atom. The van der Waals surface area contributed by atoms with Crippen molar-refractivity contribution in [3.63, 3.8) is 0 Å². The number of halogens is 2. The van der Waals surface area contributed by atoms with Gasteiger partial charge in [0, 0.05) is 23.0 Å². The third-order valence-electron chi connectivity index (χ3n) is 4.65. The number of aromatic amines is 1. The maximum Gasteiger partial charge on any atom is 0.253 e. The zero-order chi connectivity index (χ0) is 16.7. The van der Waals surface area contributed by atoms with Crippen molar-refractivity contribution in [2.75, 3.05) is 5.73 Å². The first kappa shape index (κ1) is 20.0. The van der Waals surface area contributed by atoms with Crippen LogP contribution in [0.15, 0.2) is 30.5 Å². The Hall–Kier alpha value is -2.31.